The van der Waals surface area contributed by atoms with E-state index in [0.29, 0.717) is 0 Å². The zero-order chi connectivity index (χ0) is 22.8. The van der Waals surface area contributed by atoms with Crippen LogP contribution in [0.2, 0.25) is 0 Å². The van der Waals surface area contributed by atoms with Gasteiger partial charge in [-0.1, -0.05) is 68.6 Å². The van der Waals surface area contributed by atoms with Crippen molar-refractivity contribution in [3.63, 3.8) is 0 Å². The summed E-state index contributed by atoms with van der Waals surface area (Å²) in [5.74, 6) is 13.5. The van der Waals surface area contributed by atoms with Gasteiger partial charge in [0.05, 0.1) is 11.1 Å². The summed E-state index contributed by atoms with van der Waals surface area (Å²) in [7, 11) is 0. The summed E-state index contributed by atoms with van der Waals surface area (Å²) in [6.07, 6.45) is 27.7. The molecule has 4 heteroatoms. The largest absolute Gasteiger partial charge is 1.00 e. The van der Waals surface area contributed by atoms with E-state index in [1.165, 1.54) is 83.5 Å². The first-order chi connectivity index (χ1) is 16.4. The highest BCUT2D eigenvalue weighted by Gasteiger charge is 2.03. The molecule has 0 radical (unpaired) electrons. The topological polar surface area (TPSA) is 7.76 Å². The molecule has 0 aromatic carbocycles. The van der Waals surface area contributed by atoms with E-state index < -0.39 is 0 Å². The summed E-state index contributed by atoms with van der Waals surface area (Å²) in [4.78, 5) is 0. The number of hydrogen-bond donors (Lipinski definition) is 0. The lowest BCUT2D eigenvalue weighted by Gasteiger charge is -2.01. The van der Waals surface area contributed by atoms with Crippen molar-refractivity contribution in [3.05, 3.63) is 60.2 Å². The molecule has 0 spiro atoms. The van der Waals surface area contributed by atoms with Gasteiger partial charge in [0.2, 0.25) is 0 Å². The molecule has 0 fully saturated rings. The van der Waals surface area contributed by atoms with Crippen molar-refractivity contribution < 1.29 is 43.1 Å². The number of nitrogens with zero attached hydrogens (tertiary/aromatic N) is 2. The number of halogens is 2. The second-order valence-corrected chi connectivity index (χ2v) is 9.36. The molecule has 2 nitrogen and oxygen atoms in total. The van der Waals surface area contributed by atoms with E-state index in [0.717, 1.165) is 37.1 Å². The van der Waals surface area contributed by atoms with Crippen molar-refractivity contribution >= 4 is 0 Å². The van der Waals surface area contributed by atoms with Crippen molar-refractivity contribution in [3.8, 4) is 23.7 Å². The van der Waals surface area contributed by atoms with Gasteiger partial charge in [0.25, 0.3) is 0 Å². The highest BCUT2D eigenvalue weighted by molar-refractivity contribution is 5.30. The normalized spacial score (nSPS) is 16.5. The van der Waals surface area contributed by atoms with Crippen molar-refractivity contribution in [1.82, 2.24) is 0 Å². The molecule has 2 aromatic heterocycles. The molecule has 0 atom stereocenters. The molecule has 0 saturated carbocycles. The smallest absolute Gasteiger partial charge is 0.184 e. The SMILES string of the molecule is C1#Cc2ccc[n+](c2)CCCCCCCCC[n+]2cccc(c2)C#CCCCCCCCC1.[Br-].[Br-]. The molecular weight excluding hydrogens is 560 g/mol. The second kappa shape index (κ2) is 20.6. The van der Waals surface area contributed by atoms with Crippen LogP contribution in [-0.2, 0) is 13.1 Å². The van der Waals surface area contributed by atoms with Crippen LogP contribution in [0.5, 0.6) is 0 Å². The average molecular weight is 602 g/mol. The van der Waals surface area contributed by atoms with Gasteiger partial charge in [-0.3, -0.25) is 0 Å². The molecule has 0 aliphatic carbocycles. The molecular formula is C31H42Br2N2. The van der Waals surface area contributed by atoms with Gasteiger partial charge in [0.1, 0.15) is 13.1 Å². The molecule has 4 bridgehead atoms. The minimum absolute atomic E-state index is 0. The van der Waals surface area contributed by atoms with Gasteiger partial charge in [0, 0.05) is 37.8 Å². The maximum absolute atomic E-state index is 3.38. The molecule has 0 unspecified atom stereocenters. The van der Waals surface area contributed by atoms with E-state index in [2.05, 4.69) is 81.9 Å². The third-order valence-corrected chi connectivity index (χ3v) is 6.37. The molecule has 1 aliphatic heterocycles. The molecule has 190 valence electrons. The van der Waals surface area contributed by atoms with Gasteiger partial charge in [-0.05, 0) is 37.8 Å². The Morgan fingerprint density at radius 3 is 1.29 bits per heavy atom. The zero-order valence-electron chi connectivity index (χ0n) is 21.3. The lowest BCUT2D eigenvalue weighted by molar-refractivity contribution is -0.697. The highest BCUT2D eigenvalue weighted by atomic mass is 79.9. The number of rotatable bonds is 0. The summed E-state index contributed by atoms with van der Waals surface area (Å²) in [6.45, 7) is 2.21. The predicted molar refractivity (Wildman–Crippen MR) is 136 cm³/mol. The fraction of sp³-hybridized carbons (Fsp3) is 0.548. The first-order valence-electron chi connectivity index (χ1n) is 13.4. The fourth-order valence-electron chi connectivity index (χ4n) is 4.41. The van der Waals surface area contributed by atoms with Crippen LogP contribution in [0.4, 0.5) is 0 Å². The van der Waals surface area contributed by atoms with E-state index in [-0.39, 0.29) is 34.0 Å². The van der Waals surface area contributed by atoms with Crippen LogP contribution < -0.4 is 43.1 Å². The summed E-state index contributed by atoms with van der Waals surface area (Å²) in [5.41, 5.74) is 2.30. The summed E-state index contributed by atoms with van der Waals surface area (Å²) in [5, 5.41) is 0. The maximum Gasteiger partial charge on any atom is 0.184 e. The van der Waals surface area contributed by atoms with Crippen molar-refractivity contribution in [2.45, 2.75) is 109 Å². The highest BCUT2D eigenvalue weighted by Crippen LogP contribution is 2.09. The number of aromatic nitrogens is 2. The first kappa shape index (κ1) is 31.4. The Hall–Kier alpha value is -1.62. The molecule has 0 saturated heterocycles. The van der Waals surface area contributed by atoms with Crippen LogP contribution in [0.15, 0.2) is 49.1 Å². The van der Waals surface area contributed by atoms with Crippen LogP contribution in [0.25, 0.3) is 0 Å². The lowest BCUT2D eigenvalue weighted by Crippen LogP contribution is -3.00. The third kappa shape index (κ3) is 14.5. The molecule has 1 aliphatic rings. The van der Waals surface area contributed by atoms with Crippen LogP contribution in [0.3, 0.4) is 0 Å². The van der Waals surface area contributed by atoms with Gasteiger partial charge in [-0.15, -0.1) is 0 Å². The van der Waals surface area contributed by atoms with Crippen molar-refractivity contribution in [1.29, 1.82) is 0 Å². The van der Waals surface area contributed by atoms with Gasteiger partial charge in [-0.2, -0.15) is 0 Å². The third-order valence-electron chi connectivity index (χ3n) is 6.37. The van der Waals surface area contributed by atoms with Crippen LogP contribution >= 0.6 is 0 Å². The second-order valence-electron chi connectivity index (χ2n) is 9.36. The van der Waals surface area contributed by atoms with Crippen LogP contribution in [0, 0.1) is 23.7 Å². The van der Waals surface area contributed by atoms with Gasteiger partial charge in [-0.25, -0.2) is 9.13 Å². The standard InChI is InChI=1S/C31H42N2.2BrH/c1-2-4-7-11-15-21-31-23-19-27-33(29-31)25-17-13-9-5-8-12-16-24-32-26-18-22-30(28-32)20-14-10-6-3-1;;/h18-19,22-23,26-29H,1-13,16-17,24-25H2;2*1H/q+2;;/p-2. The Kier molecular flexibility index (Phi) is 18.5. The van der Waals surface area contributed by atoms with E-state index in [1.807, 2.05) is 0 Å². The Labute approximate surface area is 235 Å². The maximum atomic E-state index is 3.38. The minimum atomic E-state index is 0. The van der Waals surface area contributed by atoms with Gasteiger partial charge < -0.3 is 34.0 Å². The quantitative estimate of drug-likeness (QED) is 0.308. The molecule has 3 heterocycles. The molecule has 0 N–H and O–H groups in total. The van der Waals surface area contributed by atoms with Crippen molar-refractivity contribution in [2.24, 2.45) is 0 Å². The van der Waals surface area contributed by atoms with Crippen LogP contribution in [-0.4, -0.2) is 0 Å². The van der Waals surface area contributed by atoms with Crippen molar-refractivity contribution in [2.75, 3.05) is 0 Å². The summed E-state index contributed by atoms with van der Waals surface area (Å²) in [6, 6.07) is 8.55. The summed E-state index contributed by atoms with van der Waals surface area (Å²) < 4.78 is 4.62. The van der Waals surface area contributed by atoms with E-state index in [4.69, 9.17) is 0 Å². The monoisotopic (exact) mass is 600 g/mol. The molecule has 35 heavy (non-hydrogen) atoms. The molecule has 0 amide bonds. The average Bonchev–Trinajstić information content (AvgIpc) is 2.84. The molecule has 3 rings (SSSR count). The molecule has 2 aromatic rings. The summed E-state index contributed by atoms with van der Waals surface area (Å²) >= 11 is 0. The first-order valence-corrected chi connectivity index (χ1v) is 13.4. The fourth-order valence-corrected chi connectivity index (χ4v) is 4.41. The van der Waals surface area contributed by atoms with Crippen LogP contribution in [0.1, 0.15) is 107 Å². The van der Waals surface area contributed by atoms with Gasteiger partial charge in [0.15, 0.2) is 24.8 Å². The number of pyridine rings is 2. The minimum Gasteiger partial charge on any atom is -1.00 e. The zero-order valence-corrected chi connectivity index (χ0v) is 24.5. The Bertz CT molecular complexity index is 872. The number of aryl methyl sites for hydroxylation is 2. The predicted octanol–water partition coefficient (Wildman–Crippen LogP) is 0.538. The lowest BCUT2D eigenvalue weighted by atomic mass is 10.1. The van der Waals surface area contributed by atoms with Gasteiger partial charge >= 0.3 is 0 Å². The number of fused-ring (bicyclic) bond motifs is 4. The van der Waals surface area contributed by atoms with E-state index in [9.17, 15) is 0 Å². The van der Waals surface area contributed by atoms with E-state index in [1.54, 1.807) is 0 Å². The number of hydrogen-bond acceptors (Lipinski definition) is 0. The Morgan fingerprint density at radius 2 is 0.857 bits per heavy atom. The van der Waals surface area contributed by atoms with E-state index >= 15 is 0 Å². The Balaban J connectivity index is 0.00000306. The Morgan fingerprint density at radius 1 is 0.486 bits per heavy atom.